The zero-order valence-corrected chi connectivity index (χ0v) is 35.6. The maximum Gasteiger partial charge on any atom is 0.293 e. The Hall–Kier alpha value is -6.13. The summed E-state index contributed by atoms with van der Waals surface area (Å²) in [7, 11) is -0.314. The number of anilines is 3. The van der Waals surface area contributed by atoms with Gasteiger partial charge < -0.3 is 15.1 Å². The van der Waals surface area contributed by atoms with Crippen molar-refractivity contribution in [1.82, 2.24) is 24.8 Å². The van der Waals surface area contributed by atoms with Crippen LogP contribution in [0.3, 0.4) is 0 Å². The van der Waals surface area contributed by atoms with E-state index in [0.717, 1.165) is 78.8 Å². The number of nitro benzene ring substituents is 1. The Kier molecular flexibility index (Phi) is 12.7. The fourth-order valence-electron chi connectivity index (χ4n) is 7.65. The second kappa shape index (κ2) is 18.6. The van der Waals surface area contributed by atoms with Crippen LogP contribution < -0.4 is 14.9 Å². The Morgan fingerprint density at radius 3 is 2.41 bits per heavy atom. The fraction of sp³-hybridized carbons (Fsp3) is 0.239. The van der Waals surface area contributed by atoms with Crippen LogP contribution in [0.1, 0.15) is 12.0 Å². The minimum absolute atomic E-state index is 0.0907. The summed E-state index contributed by atoms with van der Waals surface area (Å²) in [5.74, 6) is 0.753. The SMILES string of the molecule is CN(C)CC[C@H](CSc1ccccc1)Nc1ccc(S(=O)(=O)Nc2ncnc3cc(N4CCN(Cc5ccccc5-c5cccc6cccnc56)CC4)ccc23)cc1[N+](=O)[O-]. The molecule has 0 aliphatic carbocycles. The normalized spacial score (nSPS) is 14.0. The van der Waals surface area contributed by atoms with Gasteiger partial charge in [0.1, 0.15) is 12.0 Å². The van der Waals surface area contributed by atoms with Crippen LogP contribution in [0.5, 0.6) is 0 Å². The number of nitro groups is 1. The van der Waals surface area contributed by atoms with Gasteiger partial charge in [0.15, 0.2) is 5.82 Å². The lowest BCUT2D eigenvalue weighted by Gasteiger charge is -2.36. The predicted molar refractivity (Wildman–Crippen MR) is 246 cm³/mol. The van der Waals surface area contributed by atoms with Crippen LogP contribution in [0.25, 0.3) is 32.9 Å². The van der Waals surface area contributed by atoms with E-state index in [1.807, 2.05) is 74.9 Å². The molecule has 1 saturated heterocycles. The second-order valence-electron chi connectivity index (χ2n) is 15.3. The van der Waals surface area contributed by atoms with Gasteiger partial charge in [-0.15, -0.1) is 11.8 Å². The summed E-state index contributed by atoms with van der Waals surface area (Å²) in [6.45, 7) is 4.91. The third-order valence-corrected chi connectivity index (χ3v) is 13.4. The zero-order chi connectivity index (χ0) is 42.3. The number of nitrogens with zero attached hydrogens (tertiary/aromatic N) is 7. The minimum Gasteiger partial charge on any atom is -0.376 e. The number of para-hydroxylation sites is 1. The van der Waals surface area contributed by atoms with Crippen molar-refractivity contribution in [3.8, 4) is 11.1 Å². The topological polar surface area (TPSA) is 150 Å². The highest BCUT2D eigenvalue weighted by atomic mass is 32.2. The number of hydrogen-bond acceptors (Lipinski definition) is 12. The number of piperazine rings is 1. The molecule has 312 valence electrons. The first-order valence-electron chi connectivity index (χ1n) is 20.2. The Bertz CT molecular complexity index is 2760. The Morgan fingerprint density at radius 1 is 0.836 bits per heavy atom. The second-order valence-corrected chi connectivity index (χ2v) is 18.1. The molecular weight excluding hydrogens is 807 g/mol. The average molecular weight is 854 g/mol. The average Bonchev–Trinajstić information content (AvgIpc) is 3.27. The van der Waals surface area contributed by atoms with Crippen LogP contribution >= 0.6 is 11.8 Å². The number of fused-ring (bicyclic) bond motifs is 2. The van der Waals surface area contributed by atoms with Crippen molar-refractivity contribution in [3.63, 3.8) is 0 Å². The Balaban J connectivity index is 0.940. The molecule has 1 fully saturated rings. The van der Waals surface area contributed by atoms with Crippen LogP contribution in [0.4, 0.5) is 22.9 Å². The number of thioether (sulfide) groups is 1. The molecule has 15 heteroatoms. The molecule has 13 nitrogen and oxygen atoms in total. The van der Waals surface area contributed by atoms with E-state index in [9.17, 15) is 18.5 Å². The third-order valence-electron chi connectivity index (χ3n) is 10.9. The summed E-state index contributed by atoms with van der Waals surface area (Å²) in [4.78, 5) is 32.9. The molecule has 3 heterocycles. The summed E-state index contributed by atoms with van der Waals surface area (Å²) in [5.41, 5.74) is 6.06. The Morgan fingerprint density at radius 2 is 1.61 bits per heavy atom. The van der Waals surface area contributed by atoms with Gasteiger partial charge >= 0.3 is 0 Å². The van der Waals surface area contributed by atoms with Crippen molar-refractivity contribution in [1.29, 1.82) is 0 Å². The van der Waals surface area contributed by atoms with Crippen LogP contribution in [0.15, 0.2) is 144 Å². The van der Waals surface area contributed by atoms with Crippen LogP contribution in [-0.4, -0.2) is 96.7 Å². The van der Waals surface area contributed by atoms with Gasteiger partial charge in [-0.25, -0.2) is 18.4 Å². The molecule has 1 atom stereocenters. The molecule has 0 radical (unpaired) electrons. The van der Waals surface area contributed by atoms with E-state index >= 15 is 0 Å². The standard InChI is InChI=1S/C46H47N9O4S2/c1-52(2)23-21-35(31-60-37-13-4-3-5-14-37)50-42-20-18-38(29-44(42)55(56)57)61(58,59)51-46-41-19-17-36(28-43(41)48-32-49-46)54-26-24-53(25-27-54)30-34-10-6-7-15-39(34)40-16-8-11-33-12-9-22-47-45(33)40/h3-20,22,28-29,32,35,50H,21,23-27,30-31H2,1-2H3,(H,48,49,51)/t35-/m1/s1. The van der Waals surface area contributed by atoms with Crippen LogP contribution in [0, 0.1) is 10.1 Å². The van der Waals surface area contributed by atoms with Gasteiger partial charge in [0, 0.05) is 83.7 Å². The highest BCUT2D eigenvalue weighted by Gasteiger charge is 2.25. The molecular formula is C46H47N9O4S2. The zero-order valence-electron chi connectivity index (χ0n) is 34.0. The number of rotatable bonds is 16. The lowest BCUT2D eigenvalue weighted by molar-refractivity contribution is -0.384. The molecule has 1 aliphatic heterocycles. The molecule has 7 aromatic rings. The van der Waals surface area contributed by atoms with Crippen molar-refractivity contribution in [2.75, 3.05) is 67.5 Å². The van der Waals surface area contributed by atoms with Crippen molar-refractivity contribution in [3.05, 3.63) is 150 Å². The molecule has 0 saturated carbocycles. The quantitative estimate of drug-likeness (QED) is 0.0546. The van der Waals surface area contributed by atoms with Gasteiger partial charge in [-0.05, 0) is 86.7 Å². The molecule has 5 aromatic carbocycles. The number of aromatic nitrogens is 3. The molecule has 0 bridgehead atoms. The van der Waals surface area contributed by atoms with Crippen molar-refractivity contribution < 1.29 is 13.3 Å². The van der Waals surface area contributed by atoms with Gasteiger partial charge in [0.05, 0.1) is 20.9 Å². The minimum atomic E-state index is -4.27. The van der Waals surface area contributed by atoms with Crippen molar-refractivity contribution >= 4 is 66.5 Å². The molecule has 0 spiro atoms. The van der Waals surface area contributed by atoms with Gasteiger partial charge in [0.25, 0.3) is 15.7 Å². The number of pyridine rings is 1. The van der Waals surface area contributed by atoms with E-state index in [1.165, 1.54) is 29.6 Å². The molecule has 2 N–H and O–H groups in total. The lowest BCUT2D eigenvalue weighted by atomic mass is 9.97. The van der Waals surface area contributed by atoms with Crippen molar-refractivity contribution in [2.45, 2.75) is 28.8 Å². The maximum atomic E-state index is 13.8. The predicted octanol–water partition coefficient (Wildman–Crippen LogP) is 8.40. The van der Waals surface area contributed by atoms with E-state index < -0.39 is 14.9 Å². The van der Waals surface area contributed by atoms with Crippen LogP contribution in [0.2, 0.25) is 0 Å². The highest BCUT2D eigenvalue weighted by Crippen LogP contribution is 2.34. The molecule has 8 rings (SSSR count). The smallest absolute Gasteiger partial charge is 0.293 e. The Labute approximate surface area is 360 Å². The third kappa shape index (κ3) is 9.92. The number of sulfonamides is 1. The summed E-state index contributed by atoms with van der Waals surface area (Å²) >= 11 is 1.66. The van der Waals surface area contributed by atoms with Gasteiger partial charge in [-0.1, -0.05) is 66.7 Å². The fourth-order valence-corrected chi connectivity index (χ4v) is 9.70. The van der Waals surface area contributed by atoms with Crippen molar-refractivity contribution in [2.24, 2.45) is 0 Å². The summed E-state index contributed by atoms with van der Waals surface area (Å²) < 4.78 is 30.1. The highest BCUT2D eigenvalue weighted by molar-refractivity contribution is 7.99. The number of hydrogen-bond donors (Lipinski definition) is 2. The van der Waals surface area contributed by atoms with Gasteiger partial charge in [-0.3, -0.25) is 24.7 Å². The largest absolute Gasteiger partial charge is 0.376 e. The lowest BCUT2D eigenvalue weighted by Crippen LogP contribution is -2.46. The first-order chi connectivity index (χ1) is 29.6. The van der Waals surface area contributed by atoms with E-state index in [4.69, 9.17) is 4.98 Å². The van der Waals surface area contributed by atoms with Crippen LogP contribution in [-0.2, 0) is 16.6 Å². The molecule has 1 aliphatic rings. The first-order valence-corrected chi connectivity index (χ1v) is 22.6. The molecule has 0 amide bonds. The van der Waals surface area contributed by atoms with E-state index in [0.29, 0.717) is 16.7 Å². The first kappa shape index (κ1) is 41.6. The molecule has 0 unspecified atom stereocenters. The molecule has 61 heavy (non-hydrogen) atoms. The number of benzene rings is 5. The van der Waals surface area contributed by atoms with E-state index in [-0.39, 0.29) is 28.1 Å². The molecule has 2 aromatic heterocycles. The maximum absolute atomic E-state index is 13.8. The monoisotopic (exact) mass is 853 g/mol. The van der Waals surface area contributed by atoms with Gasteiger partial charge in [-0.2, -0.15) is 0 Å². The van der Waals surface area contributed by atoms with E-state index in [2.05, 4.69) is 83.2 Å². The summed E-state index contributed by atoms with van der Waals surface area (Å²) in [5, 5.41) is 17.3. The van der Waals surface area contributed by atoms with Gasteiger partial charge in [0.2, 0.25) is 0 Å². The summed E-state index contributed by atoms with van der Waals surface area (Å²) in [6.07, 6.45) is 3.89. The summed E-state index contributed by atoms with van der Waals surface area (Å²) in [6, 6.07) is 38.4. The van der Waals surface area contributed by atoms with E-state index in [1.54, 1.807) is 11.8 Å². The number of nitrogens with one attached hydrogen (secondary N) is 2.